The quantitative estimate of drug-likeness (QED) is 0.481. The van der Waals surface area contributed by atoms with Gasteiger partial charge in [-0.3, -0.25) is 4.79 Å². The number of carboxylic acids is 1. The van der Waals surface area contributed by atoms with Gasteiger partial charge in [-0.1, -0.05) is 51.0 Å². The molecule has 1 aliphatic heterocycles. The van der Waals surface area contributed by atoms with Gasteiger partial charge >= 0.3 is 11.9 Å². The normalized spacial score (nSPS) is 13.8. The van der Waals surface area contributed by atoms with Crippen LogP contribution < -0.4 is 0 Å². The maximum Gasteiger partial charge on any atom is 0.327 e. The minimum Gasteiger partial charge on any atom is -0.481 e. The Labute approximate surface area is 121 Å². The molecule has 0 spiro atoms. The molecule has 2 N–H and O–H groups in total. The predicted octanol–water partition coefficient (Wildman–Crippen LogP) is 4.68. The van der Waals surface area contributed by atoms with E-state index in [1.807, 2.05) is 12.2 Å². The van der Waals surface area contributed by atoms with Crippen molar-refractivity contribution in [2.75, 3.05) is 0 Å². The Morgan fingerprint density at radius 2 is 1.45 bits per heavy atom. The molecule has 0 fully saturated rings. The van der Waals surface area contributed by atoms with Crippen LogP contribution in [-0.2, 0) is 9.53 Å². The monoisotopic (exact) mass is 282 g/mol. The van der Waals surface area contributed by atoms with Gasteiger partial charge in [0.15, 0.2) is 0 Å². The van der Waals surface area contributed by atoms with Crippen LogP contribution in [0.5, 0.6) is 0 Å². The number of hydrogen-bond acceptors (Lipinski definition) is 3. The van der Waals surface area contributed by atoms with Gasteiger partial charge in [0.25, 0.3) is 0 Å². The summed E-state index contributed by atoms with van der Waals surface area (Å²) >= 11 is 0. The Morgan fingerprint density at radius 3 is 1.95 bits per heavy atom. The highest BCUT2D eigenvalue weighted by atomic mass is 16.7. The first-order chi connectivity index (χ1) is 9.70. The molecule has 1 heterocycles. The zero-order valence-electron chi connectivity index (χ0n) is 12.1. The van der Waals surface area contributed by atoms with Gasteiger partial charge in [0.1, 0.15) is 0 Å². The average Bonchev–Trinajstić information content (AvgIpc) is 3.10. The number of allylic oxidation sites excluding steroid dienone is 2. The molecule has 20 heavy (non-hydrogen) atoms. The van der Waals surface area contributed by atoms with Gasteiger partial charge in [-0.15, -0.1) is 0 Å². The summed E-state index contributed by atoms with van der Waals surface area (Å²) in [5.74, 6) is -0.0173. The van der Waals surface area contributed by atoms with Gasteiger partial charge in [-0.05, 0) is 25.3 Å². The molecular formula is C16H26O4. The first kappa shape index (κ1) is 16.6. The molecule has 1 aliphatic rings. The van der Waals surface area contributed by atoms with Gasteiger partial charge in [0.05, 0.1) is 0 Å². The SMILES string of the molecule is O=C(O)CCCCCCCCCCCC=CC1=C(O)O1. The van der Waals surface area contributed by atoms with Crippen LogP contribution in [0.1, 0.15) is 70.6 Å². The third-order valence-electron chi connectivity index (χ3n) is 3.41. The predicted molar refractivity (Wildman–Crippen MR) is 78.3 cm³/mol. The first-order valence-corrected chi connectivity index (χ1v) is 7.69. The van der Waals surface area contributed by atoms with Gasteiger partial charge in [0, 0.05) is 6.42 Å². The number of aliphatic hydroxyl groups excluding tert-OH is 1. The highest BCUT2D eigenvalue weighted by molar-refractivity contribution is 5.66. The van der Waals surface area contributed by atoms with Crippen LogP contribution in [0.4, 0.5) is 0 Å². The zero-order valence-corrected chi connectivity index (χ0v) is 12.1. The number of carboxylic acid groups (broad SMARTS) is 1. The Kier molecular flexibility index (Phi) is 8.59. The van der Waals surface area contributed by atoms with Crippen LogP contribution >= 0.6 is 0 Å². The average molecular weight is 282 g/mol. The van der Waals surface area contributed by atoms with E-state index in [4.69, 9.17) is 14.9 Å². The summed E-state index contributed by atoms with van der Waals surface area (Å²) in [7, 11) is 0. The Morgan fingerprint density at radius 1 is 0.950 bits per heavy atom. The highest BCUT2D eigenvalue weighted by Gasteiger charge is 2.20. The van der Waals surface area contributed by atoms with Crippen molar-refractivity contribution >= 4 is 5.97 Å². The van der Waals surface area contributed by atoms with E-state index in [2.05, 4.69) is 0 Å². The largest absolute Gasteiger partial charge is 0.481 e. The summed E-state index contributed by atoms with van der Waals surface area (Å²) in [6.45, 7) is 0. The molecule has 1 rings (SSSR count). The standard InChI is InChI=1S/C16H26O4/c17-15(18)13-11-9-7-5-3-1-2-4-6-8-10-12-14-16(19)20-14/h10,12,19H,1-9,11,13H2,(H,17,18). The summed E-state index contributed by atoms with van der Waals surface area (Å²) in [5.41, 5.74) is 0. The smallest absolute Gasteiger partial charge is 0.327 e. The van der Waals surface area contributed by atoms with E-state index in [1.54, 1.807) is 0 Å². The van der Waals surface area contributed by atoms with E-state index >= 15 is 0 Å². The van der Waals surface area contributed by atoms with E-state index in [0.717, 1.165) is 25.7 Å². The molecule has 0 aromatic carbocycles. The maximum atomic E-state index is 10.3. The van der Waals surface area contributed by atoms with Crippen LogP contribution in [0.3, 0.4) is 0 Å². The minimum atomic E-state index is -0.682. The summed E-state index contributed by atoms with van der Waals surface area (Å²) < 4.78 is 4.70. The van der Waals surface area contributed by atoms with E-state index in [0.29, 0.717) is 12.2 Å². The van der Waals surface area contributed by atoms with Crippen LogP contribution in [0.15, 0.2) is 23.9 Å². The molecule has 0 saturated heterocycles. The van der Waals surface area contributed by atoms with Gasteiger partial charge in [-0.25, -0.2) is 0 Å². The van der Waals surface area contributed by atoms with Crippen molar-refractivity contribution in [2.45, 2.75) is 70.6 Å². The lowest BCUT2D eigenvalue weighted by Gasteiger charge is -2.01. The summed E-state index contributed by atoms with van der Waals surface area (Å²) in [6, 6.07) is 0. The number of hydrogen-bond donors (Lipinski definition) is 2. The lowest BCUT2D eigenvalue weighted by atomic mass is 10.1. The van der Waals surface area contributed by atoms with Crippen LogP contribution in [0.25, 0.3) is 0 Å². The molecule has 4 nitrogen and oxygen atoms in total. The third kappa shape index (κ3) is 9.48. The van der Waals surface area contributed by atoms with E-state index in [-0.39, 0.29) is 5.95 Å². The lowest BCUT2D eigenvalue weighted by molar-refractivity contribution is -0.137. The second-order valence-corrected chi connectivity index (χ2v) is 5.29. The Bertz CT molecular complexity index is 344. The summed E-state index contributed by atoms with van der Waals surface area (Å²) in [4.78, 5) is 10.3. The number of ether oxygens (including phenoxy) is 1. The molecule has 4 heteroatoms. The van der Waals surface area contributed by atoms with Gasteiger partial charge in [-0.2, -0.15) is 0 Å². The van der Waals surface area contributed by atoms with Crippen LogP contribution in [0.2, 0.25) is 0 Å². The number of aliphatic hydroxyl groups is 1. The zero-order chi connectivity index (χ0) is 14.6. The van der Waals surface area contributed by atoms with Crippen molar-refractivity contribution in [3.05, 3.63) is 23.9 Å². The molecule has 0 amide bonds. The molecule has 0 aromatic rings. The van der Waals surface area contributed by atoms with Crippen molar-refractivity contribution in [1.82, 2.24) is 0 Å². The van der Waals surface area contributed by atoms with Gasteiger partial charge in [0.2, 0.25) is 5.76 Å². The number of aliphatic carboxylic acids is 1. The number of unbranched alkanes of at least 4 members (excludes halogenated alkanes) is 9. The second-order valence-electron chi connectivity index (χ2n) is 5.29. The number of rotatable bonds is 13. The van der Waals surface area contributed by atoms with Crippen molar-refractivity contribution in [2.24, 2.45) is 0 Å². The van der Waals surface area contributed by atoms with Crippen LogP contribution in [0, 0.1) is 0 Å². The maximum absolute atomic E-state index is 10.3. The van der Waals surface area contributed by atoms with Crippen molar-refractivity contribution < 1.29 is 19.7 Å². The Balaban J connectivity index is 1.72. The lowest BCUT2D eigenvalue weighted by Crippen LogP contribution is -1.93. The van der Waals surface area contributed by atoms with E-state index < -0.39 is 5.97 Å². The van der Waals surface area contributed by atoms with E-state index in [1.165, 1.54) is 38.5 Å². The van der Waals surface area contributed by atoms with Crippen molar-refractivity contribution in [3.8, 4) is 0 Å². The first-order valence-electron chi connectivity index (χ1n) is 7.69. The molecule has 0 saturated carbocycles. The summed E-state index contributed by atoms with van der Waals surface area (Å²) in [5, 5.41) is 17.3. The molecule has 0 atom stereocenters. The summed E-state index contributed by atoms with van der Waals surface area (Å²) in [6.07, 6.45) is 15.7. The highest BCUT2D eigenvalue weighted by Crippen LogP contribution is 2.23. The molecule has 0 aliphatic carbocycles. The fourth-order valence-electron chi connectivity index (χ4n) is 2.15. The fourth-order valence-corrected chi connectivity index (χ4v) is 2.15. The third-order valence-corrected chi connectivity index (χ3v) is 3.41. The van der Waals surface area contributed by atoms with Crippen LogP contribution in [-0.4, -0.2) is 16.2 Å². The number of carbonyl (C=O) groups is 1. The van der Waals surface area contributed by atoms with Crippen molar-refractivity contribution in [1.29, 1.82) is 0 Å². The molecule has 0 radical (unpaired) electrons. The molecule has 0 unspecified atom stereocenters. The molecular weight excluding hydrogens is 256 g/mol. The van der Waals surface area contributed by atoms with E-state index in [9.17, 15) is 4.79 Å². The van der Waals surface area contributed by atoms with Crippen molar-refractivity contribution in [3.63, 3.8) is 0 Å². The molecule has 0 bridgehead atoms. The Hall–Kier alpha value is -1.45. The topological polar surface area (TPSA) is 70.1 Å². The minimum absolute atomic E-state index is 0.0598. The second kappa shape index (κ2) is 10.4. The fraction of sp³-hybridized carbons (Fsp3) is 0.688. The molecule has 114 valence electrons. The van der Waals surface area contributed by atoms with Gasteiger partial charge < -0.3 is 14.9 Å². The molecule has 0 aromatic heterocycles.